The molecule has 0 aromatic carbocycles. The van der Waals surface area contributed by atoms with Crippen LogP contribution >= 0.6 is 0 Å². The highest BCUT2D eigenvalue weighted by atomic mass is 16.7. The number of rotatable bonds is 63. The zero-order valence-corrected chi connectivity index (χ0v) is 53.2. The number of hydrogen-bond donors (Lipinski definition) is 0. The Morgan fingerprint density at radius 1 is 0.388 bits per heavy atom. The number of allylic oxidation sites excluding steroid dienone is 10. The lowest BCUT2D eigenvalue weighted by Crippen LogP contribution is -2.44. The predicted molar refractivity (Wildman–Crippen MR) is 338 cm³/mol. The summed E-state index contributed by atoms with van der Waals surface area (Å²) in [6.07, 6.45) is 77.3. The number of esters is 2. The van der Waals surface area contributed by atoms with Gasteiger partial charge in [0.1, 0.15) is 13.2 Å². The number of aliphatic carboxylic acids is 1. The van der Waals surface area contributed by atoms with Gasteiger partial charge in [0.25, 0.3) is 0 Å². The molecule has 466 valence electrons. The minimum atomic E-state index is -1.62. The molecule has 0 aliphatic carbocycles. The molecule has 0 amide bonds. The first kappa shape index (κ1) is 77.0. The summed E-state index contributed by atoms with van der Waals surface area (Å²) in [4.78, 5) is 37.4. The standard InChI is InChI=1S/C71H129NO8/c1-6-8-10-12-14-16-18-20-22-24-26-27-28-29-30-31-32-33-34-35-36-37-38-39-40-41-42-43-44-46-48-50-52-54-56-58-60-62-69(74)80-67(66-79-71(70(75)76)77-64-63-72(3,4)5)65-78-68(73)61-59-57-55-53-51-49-47-45-25-23-21-19-17-15-13-11-9-7-2/h8,10,14,16,20,22,26-27,29-30,67,71H,6-7,9,11-13,15,17-19,21,23-25,28,31-66H2,1-5H3/b10-8-,16-14-,22-20-,27-26-,30-29-. The van der Waals surface area contributed by atoms with Crippen LogP contribution in [0.25, 0.3) is 0 Å². The summed E-state index contributed by atoms with van der Waals surface area (Å²) in [6.45, 7) is 4.69. The van der Waals surface area contributed by atoms with Crippen LogP contribution in [0.5, 0.6) is 0 Å². The summed E-state index contributed by atoms with van der Waals surface area (Å²) in [5.74, 6) is -2.26. The Morgan fingerprint density at radius 2 is 0.713 bits per heavy atom. The largest absolute Gasteiger partial charge is 0.545 e. The number of carboxylic acids is 1. The van der Waals surface area contributed by atoms with Gasteiger partial charge in [-0.2, -0.15) is 0 Å². The van der Waals surface area contributed by atoms with Crippen molar-refractivity contribution in [2.45, 2.75) is 328 Å². The minimum absolute atomic E-state index is 0.150. The van der Waals surface area contributed by atoms with Gasteiger partial charge in [-0.05, 0) is 57.8 Å². The molecule has 0 fully saturated rings. The number of carbonyl (C=O) groups is 3. The Balaban J connectivity index is 4.01. The van der Waals surface area contributed by atoms with Crippen molar-refractivity contribution >= 4 is 17.9 Å². The van der Waals surface area contributed by atoms with Gasteiger partial charge >= 0.3 is 11.9 Å². The molecule has 0 N–H and O–H groups in total. The Labute approximate surface area is 495 Å². The number of hydrogen-bond acceptors (Lipinski definition) is 8. The van der Waals surface area contributed by atoms with Crippen LogP contribution in [-0.4, -0.2) is 82.3 Å². The van der Waals surface area contributed by atoms with Crippen LogP contribution in [0.3, 0.4) is 0 Å². The van der Waals surface area contributed by atoms with Crippen molar-refractivity contribution in [2.24, 2.45) is 0 Å². The normalized spacial score (nSPS) is 13.1. The van der Waals surface area contributed by atoms with Crippen molar-refractivity contribution in [3.63, 3.8) is 0 Å². The van der Waals surface area contributed by atoms with Gasteiger partial charge in [-0.3, -0.25) is 9.59 Å². The van der Waals surface area contributed by atoms with Crippen LogP contribution in [0, 0.1) is 0 Å². The van der Waals surface area contributed by atoms with E-state index in [4.69, 9.17) is 18.9 Å². The number of quaternary nitrogens is 1. The zero-order valence-electron chi connectivity index (χ0n) is 53.2. The van der Waals surface area contributed by atoms with Crippen LogP contribution in [0.15, 0.2) is 60.8 Å². The molecule has 0 bridgehead atoms. The number of carbonyl (C=O) groups excluding carboxylic acids is 3. The molecule has 0 aliphatic heterocycles. The fourth-order valence-corrected chi connectivity index (χ4v) is 9.86. The molecule has 0 saturated heterocycles. The molecule has 0 radical (unpaired) electrons. The van der Waals surface area contributed by atoms with Gasteiger partial charge in [0.15, 0.2) is 12.4 Å². The quantitative estimate of drug-likeness (QED) is 0.0195. The van der Waals surface area contributed by atoms with E-state index >= 15 is 0 Å². The second-order valence-corrected chi connectivity index (χ2v) is 24.1. The first-order chi connectivity index (χ1) is 39.1. The molecule has 9 heteroatoms. The third-order valence-electron chi connectivity index (χ3n) is 15.0. The summed E-state index contributed by atoms with van der Waals surface area (Å²) in [5, 5.41) is 11.8. The van der Waals surface area contributed by atoms with Crippen LogP contribution < -0.4 is 5.11 Å². The van der Waals surface area contributed by atoms with Gasteiger partial charge in [-0.15, -0.1) is 0 Å². The topological polar surface area (TPSA) is 111 Å². The molecule has 0 saturated carbocycles. The van der Waals surface area contributed by atoms with Crippen LogP contribution in [0.1, 0.15) is 316 Å². The molecule has 0 spiro atoms. The third-order valence-corrected chi connectivity index (χ3v) is 15.0. The van der Waals surface area contributed by atoms with Gasteiger partial charge in [-0.25, -0.2) is 0 Å². The van der Waals surface area contributed by atoms with E-state index in [0.717, 1.165) is 70.6 Å². The Hall–Kier alpha value is -3.01. The summed E-state index contributed by atoms with van der Waals surface area (Å²) in [6, 6.07) is 0. The Bertz CT molecular complexity index is 1500. The van der Waals surface area contributed by atoms with E-state index in [-0.39, 0.29) is 32.2 Å². The summed E-state index contributed by atoms with van der Waals surface area (Å²) in [5.41, 5.74) is 0. The number of carboxylic acid groups (broad SMARTS) is 1. The van der Waals surface area contributed by atoms with Crippen molar-refractivity contribution in [3.8, 4) is 0 Å². The van der Waals surface area contributed by atoms with E-state index in [1.807, 2.05) is 21.1 Å². The van der Waals surface area contributed by atoms with Crippen molar-refractivity contribution in [3.05, 3.63) is 60.8 Å². The van der Waals surface area contributed by atoms with Gasteiger partial charge in [0, 0.05) is 12.8 Å². The van der Waals surface area contributed by atoms with E-state index in [9.17, 15) is 19.5 Å². The molecule has 0 aromatic rings. The highest BCUT2D eigenvalue weighted by Crippen LogP contribution is 2.18. The zero-order chi connectivity index (χ0) is 58.3. The van der Waals surface area contributed by atoms with E-state index in [2.05, 4.69) is 74.6 Å². The molecule has 0 aromatic heterocycles. The van der Waals surface area contributed by atoms with Crippen LogP contribution in [0.4, 0.5) is 0 Å². The van der Waals surface area contributed by atoms with Crippen molar-refractivity contribution in [2.75, 3.05) is 47.5 Å². The van der Waals surface area contributed by atoms with Gasteiger partial charge < -0.3 is 33.3 Å². The molecule has 0 heterocycles. The maximum atomic E-state index is 12.9. The maximum absolute atomic E-state index is 12.9. The van der Waals surface area contributed by atoms with Gasteiger partial charge in [0.2, 0.25) is 0 Å². The SMILES string of the molecule is CC/C=C\C/C=C\C/C=C\C/C=C\C/C=C\CCCCCCCCCCCCCCCCCCCCCCCC(=O)OC(COC(=O)CCCCCCCCCCCCCCCCCCCC)COC(OCC[N+](C)(C)C)C(=O)[O-]. The molecule has 2 unspecified atom stereocenters. The first-order valence-electron chi connectivity index (χ1n) is 33.9. The minimum Gasteiger partial charge on any atom is -0.545 e. The fraction of sp³-hybridized carbons (Fsp3) is 0.817. The highest BCUT2D eigenvalue weighted by molar-refractivity contribution is 5.70. The lowest BCUT2D eigenvalue weighted by Gasteiger charge is -2.26. The predicted octanol–water partition coefficient (Wildman–Crippen LogP) is 19.4. The molecule has 0 aliphatic rings. The number of ether oxygens (including phenoxy) is 4. The number of likely N-dealkylation sites (N-methyl/N-ethyl adjacent to an activating group) is 1. The van der Waals surface area contributed by atoms with E-state index in [1.54, 1.807) is 0 Å². The Kier molecular flexibility index (Phi) is 59.7. The second-order valence-electron chi connectivity index (χ2n) is 24.1. The molecule has 0 rings (SSSR count). The summed E-state index contributed by atoms with van der Waals surface area (Å²) in [7, 11) is 5.94. The third kappa shape index (κ3) is 62.6. The number of nitrogens with zero attached hydrogens (tertiary/aromatic N) is 1. The smallest absolute Gasteiger partial charge is 0.306 e. The average molecular weight is 1120 g/mol. The number of unbranched alkanes of at least 4 members (excludes halogenated alkanes) is 38. The Morgan fingerprint density at radius 3 is 1.06 bits per heavy atom. The molecule has 2 atom stereocenters. The molecular formula is C71H129NO8. The lowest BCUT2D eigenvalue weighted by molar-refractivity contribution is -0.870. The monoisotopic (exact) mass is 1120 g/mol. The van der Waals surface area contributed by atoms with Crippen LogP contribution in [-0.2, 0) is 33.3 Å². The summed E-state index contributed by atoms with van der Waals surface area (Å²) < 4.78 is 22.8. The summed E-state index contributed by atoms with van der Waals surface area (Å²) >= 11 is 0. The van der Waals surface area contributed by atoms with Crippen molar-refractivity contribution in [1.29, 1.82) is 0 Å². The first-order valence-corrected chi connectivity index (χ1v) is 33.9. The van der Waals surface area contributed by atoms with Gasteiger partial charge in [-0.1, -0.05) is 306 Å². The van der Waals surface area contributed by atoms with E-state index in [0.29, 0.717) is 17.4 Å². The molecular weight excluding hydrogens is 995 g/mol. The van der Waals surface area contributed by atoms with Crippen molar-refractivity contribution < 1.29 is 42.9 Å². The van der Waals surface area contributed by atoms with E-state index < -0.39 is 24.3 Å². The fourth-order valence-electron chi connectivity index (χ4n) is 9.86. The lowest BCUT2D eigenvalue weighted by atomic mass is 10.0. The second kappa shape index (κ2) is 62.0. The molecule has 80 heavy (non-hydrogen) atoms. The van der Waals surface area contributed by atoms with Crippen LogP contribution in [0.2, 0.25) is 0 Å². The van der Waals surface area contributed by atoms with Crippen molar-refractivity contribution in [1.82, 2.24) is 0 Å². The molecule has 9 nitrogen and oxygen atoms in total. The average Bonchev–Trinajstić information content (AvgIpc) is 3.43. The maximum Gasteiger partial charge on any atom is 0.306 e. The highest BCUT2D eigenvalue weighted by Gasteiger charge is 2.22. The van der Waals surface area contributed by atoms with E-state index in [1.165, 1.54) is 218 Å². The van der Waals surface area contributed by atoms with Gasteiger partial charge in [0.05, 0.1) is 40.3 Å².